The largest absolute Gasteiger partial charge is 0.364 e. The second kappa shape index (κ2) is 5.11. The van der Waals surface area contributed by atoms with Gasteiger partial charge in [0, 0.05) is 12.1 Å². The monoisotopic (exact) mass is 259 g/mol. The molecule has 2 unspecified atom stereocenters. The van der Waals surface area contributed by atoms with Gasteiger partial charge in [-0.15, -0.1) is 0 Å². The highest BCUT2D eigenvalue weighted by Gasteiger charge is 2.29. The first-order valence-electron chi connectivity index (χ1n) is 6.52. The van der Waals surface area contributed by atoms with Gasteiger partial charge in [-0.2, -0.15) is 4.98 Å². The Morgan fingerprint density at radius 3 is 2.74 bits per heavy atom. The molecule has 1 fully saturated rings. The molecule has 0 amide bonds. The molecule has 1 aromatic carbocycles. The second-order valence-corrected chi connectivity index (χ2v) is 4.88. The first-order valence-corrected chi connectivity index (χ1v) is 6.52. The quantitative estimate of drug-likeness (QED) is 0.914. The Bertz CT molecular complexity index is 550. The van der Waals surface area contributed by atoms with E-state index in [1.165, 1.54) is 5.56 Å². The zero-order valence-corrected chi connectivity index (χ0v) is 10.9. The van der Waals surface area contributed by atoms with Crippen LogP contribution in [0.3, 0.4) is 0 Å². The van der Waals surface area contributed by atoms with E-state index in [0.29, 0.717) is 18.3 Å². The maximum Gasteiger partial charge on any atom is 0.256 e. The van der Waals surface area contributed by atoms with Crippen molar-refractivity contribution in [3.05, 3.63) is 35.7 Å². The zero-order valence-electron chi connectivity index (χ0n) is 10.9. The molecule has 0 aliphatic carbocycles. The third kappa shape index (κ3) is 2.52. The minimum atomic E-state index is -0.111. The van der Waals surface area contributed by atoms with Crippen molar-refractivity contribution in [1.29, 1.82) is 0 Å². The van der Waals surface area contributed by atoms with Crippen molar-refractivity contribution in [2.75, 3.05) is 6.54 Å². The van der Waals surface area contributed by atoms with Gasteiger partial charge in [0.2, 0.25) is 5.82 Å². The van der Waals surface area contributed by atoms with Crippen LogP contribution in [-0.2, 0) is 4.74 Å². The average Bonchev–Trinajstić information content (AvgIpc) is 3.08. The first-order chi connectivity index (χ1) is 9.26. The fourth-order valence-electron chi connectivity index (χ4n) is 2.25. The maximum absolute atomic E-state index is 5.74. The second-order valence-electron chi connectivity index (χ2n) is 4.88. The Kier molecular flexibility index (Phi) is 3.31. The lowest BCUT2D eigenvalue weighted by Crippen LogP contribution is -2.18. The number of nitrogens with zero attached hydrogens (tertiary/aromatic N) is 2. The molecule has 2 aromatic rings. The van der Waals surface area contributed by atoms with Crippen molar-refractivity contribution < 1.29 is 9.26 Å². The average molecular weight is 259 g/mol. The molecule has 3 rings (SSSR count). The molecular weight excluding hydrogens is 242 g/mol. The highest BCUT2D eigenvalue weighted by molar-refractivity contribution is 5.54. The van der Waals surface area contributed by atoms with Crippen LogP contribution in [0.2, 0.25) is 0 Å². The van der Waals surface area contributed by atoms with Crippen molar-refractivity contribution in [2.24, 2.45) is 5.73 Å². The number of benzene rings is 1. The summed E-state index contributed by atoms with van der Waals surface area (Å²) in [5.41, 5.74) is 7.75. The van der Waals surface area contributed by atoms with Crippen LogP contribution < -0.4 is 5.73 Å². The third-order valence-corrected chi connectivity index (χ3v) is 3.40. The molecule has 2 atom stereocenters. The van der Waals surface area contributed by atoms with Gasteiger partial charge in [-0.1, -0.05) is 35.0 Å². The van der Waals surface area contributed by atoms with E-state index in [1.807, 2.05) is 31.2 Å². The van der Waals surface area contributed by atoms with Gasteiger partial charge in [-0.3, -0.25) is 0 Å². The van der Waals surface area contributed by atoms with Gasteiger partial charge in [-0.05, 0) is 19.8 Å². The zero-order chi connectivity index (χ0) is 13.2. The SMILES string of the molecule is Cc1ccc(-c2noc(C3CCC(CN)O3)n2)cc1. The van der Waals surface area contributed by atoms with Gasteiger partial charge >= 0.3 is 0 Å². The standard InChI is InChI=1S/C14H17N3O2/c1-9-2-4-10(5-3-9)13-16-14(19-17-13)12-7-6-11(8-15)18-12/h2-5,11-12H,6-8,15H2,1H3. The maximum atomic E-state index is 5.74. The van der Waals surface area contributed by atoms with Crippen molar-refractivity contribution in [3.63, 3.8) is 0 Å². The van der Waals surface area contributed by atoms with E-state index in [0.717, 1.165) is 18.4 Å². The molecule has 1 saturated heterocycles. The van der Waals surface area contributed by atoms with Crippen LogP contribution in [0.1, 0.15) is 30.4 Å². The van der Waals surface area contributed by atoms with Crippen LogP contribution in [0.15, 0.2) is 28.8 Å². The van der Waals surface area contributed by atoms with Crippen LogP contribution in [0, 0.1) is 6.92 Å². The summed E-state index contributed by atoms with van der Waals surface area (Å²) in [5.74, 6) is 1.15. The molecule has 2 N–H and O–H groups in total. The molecule has 0 radical (unpaired) electrons. The lowest BCUT2D eigenvalue weighted by Gasteiger charge is -2.07. The highest BCUT2D eigenvalue weighted by atomic mass is 16.5. The van der Waals surface area contributed by atoms with Gasteiger partial charge in [0.25, 0.3) is 5.89 Å². The van der Waals surface area contributed by atoms with Gasteiger partial charge in [0.05, 0.1) is 6.10 Å². The summed E-state index contributed by atoms with van der Waals surface area (Å²) in [4.78, 5) is 4.42. The van der Waals surface area contributed by atoms with E-state index >= 15 is 0 Å². The van der Waals surface area contributed by atoms with E-state index < -0.39 is 0 Å². The van der Waals surface area contributed by atoms with E-state index in [1.54, 1.807) is 0 Å². The number of ether oxygens (including phenoxy) is 1. The first kappa shape index (κ1) is 12.3. The summed E-state index contributed by atoms with van der Waals surface area (Å²) >= 11 is 0. The predicted molar refractivity (Wildman–Crippen MR) is 70.4 cm³/mol. The van der Waals surface area contributed by atoms with Gasteiger partial charge in [0.1, 0.15) is 6.10 Å². The van der Waals surface area contributed by atoms with Gasteiger partial charge < -0.3 is 15.0 Å². The molecule has 2 heterocycles. The molecule has 100 valence electrons. The number of aryl methyl sites for hydroxylation is 1. The topological polar surface area (TPSA) is 74.2 Å². The molecule has 1 aliphatic rings. The van der Waals surface area contributed by atoms with Gasteiger partial charge in [0.15, 0.2) is 0 Å². The molecule has 5 heteroatoms. The van der Waals surface area contributed by atoms with Crippen molar-refractivity contribution in [2.45, 2.75) is 32.0 Å². The molecule has 1 aliphatic heterocycles. The molecule has 5 nitrogen and oxygen atoms in total. The Labute approximate surface area is 111 Å². The Balaban J connectivity index is 1.78. The van der Waals surface area contributed by atoms with Crippen LogP contribution in [0.25, 0.3) is 11.4 Å². The summed E-state index contributed by atoms with van der Waals surface area (Å²) in [5, 5.41) is 4.01. The summed E-state index contributed by atoms with van der Waals surface area (Å²) < 4.78 is 11.0. The lowest BCUT2D eigenvalue weighted by atomic mass is 10.1. The van der Waals surface area contributed by atoms with E-state index in [4.69, 9.17) is 15.0 Å². The molecule has 0 spiro atoms. The number of hydrogen-bond donors (Lipinski definition) is 1. The van der Waals surface area contributed by atoms with E-state index in [2.05, 4.69) is 10.1 Å². The molecule has 0 bridgehead atoms. The third-order valence-electron chi connectivity index (χ3n) is 3.40. The lowest BCUT2D eigenvalue weighted by molar-refractivity contribution is 0.0307. The fraction of sp³-hybridized carbons (Fsp3) is 0.429. The van der Waals surface area contributed by atoms with Gasteiger partial charge in [-0.25, -0.2) is 0 Å². The van der Waals surface area contributed by atoms with Crippen LogP contribution in [0.5, 0.6) is 0 Å². The normalized spacial score (nSPS) is 22.8. The van der Waals surface area contributed by atoms with Crippen molar-refractivity contribution in [3.8, 4) is 11.4 Å². The highest BCUT2D eigenvalue weighted by Crippen LogP contribution is 2.32. The minimum absolute atomic E-state index is 0.111. The van der Waals surface area contributed by atoms with Crippen molar-refractivity contribution >= 4 is 0 Å². The minimum Gasteiger partial charge on any atom is -0.364 e. The smallest absolute Gasteiger partial charge is 0.256 e. The van der Waals surface area contributed by atoms with Crippen LogP contribution in [0.4, 0.5) is 0 Å². The number of nitrogens with two attached hydrogens (primary N) is 1. The van der Waals surface area contributed by atoms with Crippen LogP contribution in [-0.4, -0.2) is 22.8 Å². The number of hydrogen-bond acceptors (Lipinski definition) is 5. The molecular formula is C14H17N3O2. The molecule has 1 aromatic heterocycles. The Morgan fingerprint density at radius 1 is 1.26 bits per heavy atom. The van der Waals surface area contributed by atoms with Crippen molar-refractivity contribution in [1.82, 2.24) is 10.1 Å². The summed E-state index contributed by atoms with van der Waals surface area (Å²) in [6, 6.07) is 8.04. The Hall–Kier alpha value is -1.72. The predicted octanol–water partition coefficient (Wildman–Crippen LogP) is 2.22. The summed E-state index contributed by atoms with van der Waals surface area (Å²) in [7, 11) is 0. The molecule has 19 heavy (non-hydrogen) atoms. The fourth-order valence-corrected chi connectivity index (χ4v) is 2.25. The summed E-state index contributed by atoms with van der Waals surface area (Å²) in [6.07, 6.45) is 1.83. The Morgan fingerprint density at radius 2 is 2.05 bits per heavy atom. The molecule has 0 saturated carbocycles. The number of rotatable bonds is 3. The number of aromatic nitrogens is 2. The van der Waals surface area contributed by atoms with E-state index in [9.17, 15) is 0 Å². The summed E-state index contributed by atoms with van der Waals surface area (Å²) in [6.45, 7) is 2.58. The van der Waals surface area contributed by atoms with Crippen LogP contribution >= 0.6 is 0 Å². The van der Waals surface area contributed by atoms with E-state index in [-0.39, 0.29) is 12.2 Å².